The Labute approximate surface area is 111 Å². The molecular formula is C12H8BrFN2O2. The number of nitrogens with zero attached hydrogens (tertiary/aromatic N) is 1. The van der Waals surface area contributed by atoms with Crippen LogP contribution in [0.4, 0.5) is 10.1 Å². The number of rotatable bonds is 2. The number of halogens is 2. The second-order valence-corrected chi connectivity index (χ2v) is 4.33. The van der Waals surface area contributed by atoms with Crippen molar-refractivity contribution in [3.05, 3.63) is 52.5 Å². The van der Waals surface area contributed by atoms with Gasteiger partial charge in [0, 0.05) is 10.7 Å². The summed E-state index contributed by atoms with van der Waals surface area (Å²) in [5.41, 5.74) is 0.359. The van der Waals surface area contributed by atoms with Crippen molar-refractivity contribution in [2.24, 2.45) is 0 Å². The van der Waals surface area contributed by atoms with Crippen LogP contribution in [-0.2, 0) is 0 Å². The second kappa shape index (κ2) is 5.14. The highest BCUT2D eigenvalue weighted by atomic mass is 79.9. The summed E-state index contributed by atoms with van der Waals surface area (Å²) in [5, 5.41) is 12.0. The summed E-state index contributed by atoms with van der Waals surface area (Å²) in [5.74, 6) is -1.24. The van der Waals surface area contributed by atoms with Crippen LogP contribution in [0.15, 0.2) is 41.1 Å². The molecule has 0 aliphatic carbocycles. The molecule has 1 aromatic heterocycles. The summed E-state index contributed by atoms with van der Waals surface area (Å²) in [4.78, 5) is 15.5. The number of amides is 1. The van der Waals surface area contributed by atoms with Crippen molar-refractivity contribution in [1.29, 1.82) is 0 Å². The smallest absolute Gasteiger partial charge is 0.259 e. The first-order chi connectivity index (χ1) is 8.58. The van der Waals surface area contributed by atoms with Gasteiger partial charge in [0.1, 0.15) is 11.6 Å². The SMILES string of the molecule is O=C(Nc1cc(F)ccc1Br)c1ccncc1O. The second-order valence-electron chi connectivity index (χ2n) is 3.47. The van der Waals surface area contributed by atoms with Crippen LogP contribution in [0.1, 0.15) is 10.4 Å². The number of hydrogen-bond acceptors (Lipinski definition) is 3. The fourth-order valence-electron chi connectivity index (χ4n) is 1.36. The largest absolute Gasteiger partial charge is 0.505 e. The summed E-state index contributed by atoms with van der Waals surface area (Å²) in [7, 11) is 0. The number of nitrogens with one attached hydrogen (secondary N) is 1. The minimum absolute atomic E-state index is 0.0705. The van der Waals surface area contributed by atoms with E-state index >= 15 is 0 Å². The predicted octanol–water partition coefficient (Wildman–Crippen LogP) is 2.94. The molecule has 0 saturated heterocycles. The first kappa shape index (κ1) is 12.5. The van der Waals surface area contributed by atoms with E-state index in [1.54, 1.807) is 0 Å². The van der Waals surface area contributed by atoms with Crippen LogP contribution in [0.3, 0.4) is 0 Å². The molecule has 92 valence electrons. The molecule has 0 atom stereocenters. The number of anilines is 1. The quantitative estimate of drug-likeness (QED) is 0.896. The first-order valence-electron chi connectivity index (χ1n) is 4.97. The molecule has 0 unspecified atom stereocenters. The van der Waals surface area contributed by atoms with Gasteiger partial charge < -0.3 is 10.4 Å². The van der Waals surface area contributed by atoms with E-state index in [4.69, 9.17) is 0 Å². The van der Waals surface area contributed by atoms with Gasteiger partial charge in [0.15, 0.2) is 0 Å². The van der Waals surface area contributed by atoms with Crippen LogP contribution in [0.25, 0.3) is 0 Å². The van der Waals surface area contributed by atoms with Gasteiger partial charge in [-0.2, -0.15) is 0 Å². The number of hydrogen-bond donors (Lipinski definition) is 2. The van der Waals surface area contributed by atoms with E-state index in [9.17, 15) is 14.3 Å². The molecular weight excluding hydrogens is 303 g/mol. The third kappa shape index (κ3) is 2.65. The van der Waals surface area contributed by atoms with Gasteiger partial charge in [-0.1, -0.05) is 0 Å². The van der Waals surface area contributed by atoms with Crippen LogP contribution in [0.5, 0.6) is 5.75 Å². The fraction of sp³-hybridized carbons (Fsp3) is 0. The molecule has 6 heteroatoms. The third-order valence-corrected chi connectivity index (χ3v) is 2.91. The average Bonchev–Trinajstić information content (AvgIpc) is 2.34. The summed E-state index contributed by atoms with van der Waals surface area (Å²) >= 11 is 3.19. The van der Waals surface area contributed by atoms with Gasteiger partial charge in [0.2, 0.25) is 0 Å². The highest BCUT2D eigenvalue weighted by Crippen LogP contribution is 2.24. The Morgan fingerprint density at radius 1 is 1.39 bits per heavy atom. The Morgan fingerprint density at radius 2 is 2.17 bits per heavy atom. The third-order valence-electron chi connectivity index (χ3n) is 2.22. The highest BCUT2D eigenvalue weighted by Gasteiger charge is 2.12. The molecule has 1 amide bonds. The van der Waals surface area contributed by atoms with Crippen molar-refractivity contribution in [3.63, 3.8) is 0 Å². The number of benzene rings is 1. The minimum atomic E-state index is -0.541. The van der Waals surface area contributed by atoms with Crippen LogP contribution >= 0.6 is 15.9 Å². The summed E-state index contributed by atoms with van der Waals surface area (Å²) in [6.07, 6.45) is 2.55. The van der Waals surface area contributed by atoms with Gasteiger partial charge >= 0.3 is 0 Å². The molecule has 2 aromatic rings. The van der Waals surface area contributed by atoms with Gasteiger partial charge in [0.25, 0.3) is 5.91 Å². The maximum absolute atomic E-state index is 13.0. The summed E-state index contributed by atoms with van der Waals surface area (Å²) in [6.45, 7) is 0. The Bertz CT molecular complexity index is 604. The van der Waals surface area contributed by atoms with Crippen molar-refractivity contribution in [2.45, 2.75) is 0 Å². The Morgan fingerprint density at radius 3 is 2.89 bits per heavy atom. The first-order valence-corrected chi connectivity index (χ1v) is 5.76. The fourth-order valence-corrected chi connectivity index (χ4v) is 1.71. The topological polar surface area (TPSA) is 62.2 Å². The maximum atomic E-state index is 13.0. The van der Waals surface area contributed by atoms with E-state index in [1.807, 2.05) is 0 Å². The molecule has 0 bridgehead atoms. The lowest BCUT2D eigenvalue weighted by Gasteiger charge is -2.08. The predicted molar refractivity (Wildman–Crippen MR) is 68.0 cm³/mol. The number of pyridine rings is 1. The monoisotopic (exact) mass is 310 g/mol. The molecule has 18 heavy (non-hydrogen) atoms. The molecule has 0 aliphatic heterocycles. The van der Waals surface area contributed by atoms with E-state index in [0.717, 1.165) is 6.20 Å². The zero-order valence-electron chi connectivity index (χ0n) is 9.02. The van der Waals surface area contributed by atoms with Crippen LogP contribution in [0.2, 0.25) is 0 Å². The van der Waals surface area contributed by atoms with Crippen molar-refractivity contribution in [1.82, 2.24) is 4.98 Å². The van der Waals surface area contributed by atoms with E-state index in [0.29, 0.717) is 4.47 Å². The van der Waals surface area contributed by atoms with Crippen molar-refractivity contribution < 1.29 is 14.3 Å². The highest BCUT2D eigenvalue weighted by molar-refractivity contribution is 9.10. The van der Waals surface area contributed by atoms with E-state index in [2.05, 4.69) is 26.2 Å². The Kier molecular flexibility index (Phi) is 3.57. The molecule has 1 heterocycles. The molecule has 0 saturated carbocycles. The lowest BCUT2D eigenvalue weighted by molar-refractivity contribution is 0.102. The number of carbonyl (C=O) groups is 1. The number of aromatic hydroxyl groups is 1. The van der Waals surface area contributed by atoms with Crippen molar-refractivity contribution in [2.75, 3.05) is 5.32 Å². The molecule has 1 aromatic carbocycles. The lowest BCUT2D eigenvalue weighted by atomic mass is 10.2. The van der Waals surface area contributed by atoms with Crippen molar-refractivity contribution in [3.8, 4) is 5.75 Å². The summed E-state index contributed by atoms with van der Waals surface area (Å²) in [6, 6.07) is 5.30. The van der Waals surface area contributed by atoms with Gasteiger partial charge in [0.05, 0.1) is 17.4 Å². The molecule has 0 radical (unpaired) electrons. The minimum Gasteiger partial charge on any atom is -0.505 e. The number of carbonyl (C=O) groups excluding carboxylic acids is 1. The van der Waals surface area contributed by atoms with Gasteiger partial charge in [-0.05, 0) is 40.2 Å². The molecule has 0 spiro atoms. The summed E-state index contributed by atoms with van der Waals surface area (Å²) < 4.78 is 13.6. The Balaban J connectivity index is 2.27. The van der Waals surface area contributed by atoms with Crippen LogP contribution in [-0.4, -0.2) is 16.0 Å². The Hall–Kier alpha value is -1.95. The normalized spacial score (nSPS) is 10.1. The average molecular weight is 311 g/mol. The van der Waals surface area contributed by atoms with Gasteiger partial charge in [-0.3, -0.25) is 9.78 Å². The van der Waals surface area contributed by atoms with Crippen LogP contribution < -0.4 is 5.32 Å². The molecule has 0 aliphatic rings. The molecule has 0 fully saturated rings. The molecule has 2 rings (SSSR count). The van der Waals surface area contributed by atoms with E-state index in [-0.39, 0.29) is 17.0 Å². The maximum Gasteiger partial charge on any atom is 0.259 e. The van der Waals surface area contributed by atoms with Crippen molar-refractivity contribution >= 4 is 27.5 Å². The molecule has 4 nitrogen and oxygen atoms in total. The standard InChI is InChI=1S/C12H8BrFN2O2/c13-9-2-1-7(14)5-10(9)16-12(18)8-3-4-15-6-11(8)17/h1-6,17H,(H,16,18). The van der Waals surface area contributed by atoms with Gasteiger partial charge in [-0.25, -0.2) is 4.39 Å². The zero-order valence-corrected chi connectivity index (χ0v) is 10.6. The van der Waals surface area contributed by atoms with E-state index in [1.165, 1.54) is 30.5 Å². The lowest BCUT2D eigenvalue weighted by Crippen LogP contribution is -2.12. The molecule has 2 N–H and O–H groups in total. The number of aromatic nitrogens is 1. The zero-order chi connectivity index (χ0) is 13.1. The van der Waals surface area contributed by atoms with Crippen LogP contribution in [0, 0.1) is 5.82 Å². The van der Waals surface area contributed by atoms with Gasteiger partial charge in [-0.15, -0.1) is 0 Å². The van der Waals surface area contributed by atoms with E-state index < -0.39 is 11.7 Å².